The van der Waals surface area contributed by atoms with Gasteiger partial charge in [-0.3, -0.25) is 4.55 Å². The number of rotatable bonds is 2. The van der Waals surface area contributed by atoms with E-state index in [1.54, 1.807) is 6.08 Å². The van der Waals surface area contributed by atoms with Gasteiger partial charge in [0.2, 0.25) is 0 Å². The van der Waals surface area contributed by atoms with Gasteiger partial charge in [0.15, 0.2) is 5.72 Å². The van der Waals surface area contributed by atoms with Gasteiger partial charge in [0, 0.05) is 0 Å². The third kappa shape index (κ3) is 2.65. The summed E-state index contributed by atoms with van der Waals surface area (Å²) in [6.07, 6.45) is 5.73. The summed E-state index contributed by atoms with van der Waals surface area (Å²) in [4.78, 5) is 0. The molecule has 0 saturated carbocycles. The Morgan fingerprint density at radius 1 is 1.42 bits per heavy atom. The van der Waals surface area contributed by atoms with Gasteiger partial charge in [0.25, 0.3) is 10.1 Å². The maximum Gasteiger partial charge on any atom is 0.269 e. The van der Waals surface area contributed by atoms with Gasteiger partial charge in [0.1, 0.15) is 5.75 Å². The van der Waals surface area contributed by atoms with Crippen molar-refractivity contribution in [1.82, 2.24) is 5.32 Å². The molecule has 0 spiro atoms. The number of nitrogens with one attached hydrogen (secondary N) is 1. The van der Waals surface area contributed by atoms with Gasteiger partial charge in [-0.05, 0) is 18.4 Å². The van der Waals surface area contributed by atoms with E-state index in [4.69, 9.17) is 4.55 Å². The van der Waals surface area contributed by atoms with Crippen LogP contribution in [0, 0.1) is 0 Å². The molecule has 6 heteroatoms. The second kappa shape index (κ2) is 2.89. The van der Waals surface area contributed by atoms with Crippen molar-refractivity contribution in [3.63, 3.8) is 0 Å². The van der Waals surface area contributed by atoms with Crippen LogP contribution in [-0.2, 0) is 10.1 Å². The van der Waals surface area contributed by atoms with Crippen molar-refractivity contribution in [3.05, 3.63) is 24.4 Å². The fourth-order valence-electron chi connectivity index (χ4n) is 0.879. The molecule has 0 aliphatic carbocycles. The van der Waals surface area contributed by atoms with Crippen LogP contribution in [0.2, 0.25) is 0 Å². The van der Waals surface area contributed by atoms with Gasteiger partial charge in [0.05, 0.1) is 0 Å². The highest BCUT2D eigenvalue weighted by molar-refractivity contribution is 7.85. The molecule has 5 nitrogen and oxygen atoms in total. The van der Waals surface area contributed by atoms with Crippen LogP contribution >= 0.6 is 0 Å². The lowest BCUT2D eigenvalue weighted by Gasteiger charge is -2.24. The molecule has 68 valence electrons. The molecule has 0 bridgehead atoms. The lowest BCUT2D eigenvalue weighted by atomic mass is 10.2. The smallest absolute Gasteiger partial charge is 0.269 e. The van der Waals surface area contributed by atoms with Crippen LogP contribution in [0.1, 0.15) is 0 Å². The first-order chi connectivity index (χ1) is 5.41. The average molecular weight is 191 g/mol. The van der Waals surface area contributed by atoms with E-state index in [2.05, 4.69) is 5.32 Å². The Balaban J connectivity index is 2.75. The second-order valence-electron chi connectivity index (χ2n) is 2.51. The van der Waals surface area contributed by atoms with Crippen LogP contribution in [0.25, 0.3) is 0 Å². The molecule has 0 fully saturated rings. The summed E-state index contributed by atoms with van der Waals surface area (Å²) in [5.41, 5.74) is -1.69. The van der Waals surface area contributed by atoms with Crippen LogP contribution in [0.5, 0.6) is 0 Å². The van der Waals surface area contributed by atoms with Crippen LogP contribution in [-0.4, -0.2) is 29.6 Å². The molecule has 1 heterocycles. The van der Waals surface area contributed by atoms with Crippen molar-refractivity contribution in [1.29, 1.82) is 0 Å². The fourth-order valence-corrected chi connectivity index (χ4v) is 1.61. The van der Waals surface area contributed by atoms with E-state index < -0.39 is 21.6 Å². The summed E-state index contributed by atoms with van der Waals surface area (Å²) in [5.74, 6) is -0.763. The maximum atomic E-state index is 10.4. The van der Waals surface area contributed by atoms with Crippen molar-refractivity contribution in [3.8, 4) is 0 Å². The Morgan fingerprint density at radius 2 is 2.08 bits per heavy atom. The van der Waals surface area contributed by atoms with Gasteiger partial charge >= 0.3 is 0 Å². The average Bonchev–Trinajstić information content (AvgIpc) is 1.83. The number of dihydropyridines is 1. The van der Waals surface area contributed by atoms with Gasteiger partial charge in [-0.1, -0.05) is 6.08 Å². The molecule has 0 radical (unpaired) electrons. The minimum Gasteiger partial charge on any atom is -0.366 e. The molecular weight excluding hydrogens is 182 g/mol. The summed E-state index contributed by atoms with van der Waals surface area (Å²) in [6.45, 7) is 0. The van der Waals surface area contributed by atoms with Gasteiger partial charge < -0.3 is 10.4 Å². The third-order valence-electron chi connectivity index (χ3n) is 1.32. The van der Waals surface area contributed by atoms with Crippen molar-refractivity contribution in [2.24, 2.45) is 0 Å². The number of aliphatic hydroxyl groups is 1. The lowest BCUT2D eigenvalue weighted by molar-refractivity contribution is 0.0896. The maximum absolute atomic E-state index is 10.4. The molecule has 1 aliphatic rings. The standard InChI is InChI=1S/C6H9NO4S/c8-6(5-12(9,10)11)3-1-2-4-7-6/h1-4,7-8H,5H2,(H,9,10,11). The number of allylic oxidation sites excluding steroid dienone is 2. The van der Waals surface area contributed by atoms with Crippen LogP contribution in [0.3, 0.4) is 0 Å². The Bertz CT molecular complexity index is 318. The highest BCUT2D eigenvalue weighted by Crippen LogP contribution is 2.09. The van der Waals surface area contributed by atoms with E-state index in [-0.39, 0.29) is 0 Å². The van der Waals surface area contributed by atoms with E-state index >= 15 is 0 Å². The monoisotopic (exact) mass is 191 g/mol. The minimum atomic E-state index is -4.18. The topological polar surface area (TPSA) is 86.6 Å². The van der Waals surface area contributed by atoms with Crippen molar-refractivity contribution in [2.45, 2.75) is 5.72 Å². The van der Waals surface area contributed by atoms with Crippen LogP contribution in [0.4, 0.5) is 0 Å². The van der Waals surface area contributed by atoms with Crippen molar-refractivity contribution in [2.75, 3.05) is 5.75 Å². The first-order valence-corrected chi connectivity index (χ1v) is 4.82. The number of hydrogen-bond acceptors (Lipinski definition) is 4. The molecular formula is C6H9NO4S. The SMILES string of the molecule is O=S(=O)(O)CC1(O)C=CC=CN1. The Morgan fingerprint density at radius 3 is 2.50 bits per heavy atom. The lowest BCUT2D eigenvalue weighted by Crippen LogP contribution is -2.47. The van der Waals surface area contributed by atoms with Gasteiger partial charge in [-0.15, -0.1) is 0 Å². The molecule has 0 amide bonds. The quantitative estimate of drug-likeness (QED) is 0.499. The van der Waals surface area contributed by atoms with Gasteiger partial charge in [-0.25, -0.2) is 0 Å². The molecule has 1 unspecified atom stereocenters. The first kappa shape index (κ1) is 9.24. The van der Waals surface area contributed by atoms with E-state index in [1.165, 1.54) is 18.4 Å². The summed E-state index contributed by atoms with van der Waals surface area (Å²) < 4.78 is 29.3. The number of hydrogen-bond donors (Lipinski definition) is 3. The zero-order chi connectivity index (χ0) is 9.24. The van der Waals surface area contributed by atoms with E-state index in [0.29, 0.717) is 0 Å². The largest absolute Gasteiger partial charge is 0.366 e. The molecule has 0 aromatic heterocycles. The summed E-state index contributed by atoms with van der Waals surface area (Å²) >= 11 is 0. The minimum absolute atomic E-state index is 0.763. The zero-order valence-corrected chi connectivity index (χ0v) is 6.95. The van der Waals surface area contributed by atoms with Crippen molar-refractivity contribution < 1.29 is 18.1 Å². The zero-order valence-electron chi connectivity index (χ0n) is 6.14. The Hall–Kier alpha value is -0.850. The molecule has 3 N–H and O–H groups in total. The second-order valence-corrected chi connectivity index (χ2v) is 3.97. The van der Waals surface area contributed by atoms with Crippen LogP contribution in [0.15, 0.2) is 24.4 Å². The highest BCUT2D eigenvalue weighted by atomic mass is 32.2. The Labute approximate surface area is 70.2 Å². The predicted octanol–water partition coefficient (Wildman–Crippen LogP) is -0.764. The van der Waals surface area contributed by atoms with Gasteiger partial charge in [-0.2, -0.15) is 8.42 Å². The normalized spacial score (nSPS) is 28.5. The summed E-state index contributed by atoms with van der Waals surface area (Å²) in [6, 6.07) is 0. The molecule has 0 saturated heterocycles. The molecule has 0 aromatic carbocycles. The highest BCUT2D eigenvalue weighted by Gasteiger charge is 2.29. The fraction of sp³-hybridized carbons (Fsp3) is 0.333. The molecule has 0 aromatic rings. The molecule has 1 rings (SSSR count). The van der Waals surface area contributed by atoms with E-state index in [0.717, 1.165) is 0 Å². The molecule has 12 heavy (non-hydrogen) atoms. The predicted molar refractivity (Wildman–Crippen MR) is 42.8 cm³/mol. The first-order valence-electron chi connectivity index (χ1n) is 3.21. The van der Waals surface area contributed by atoms with E-state index in [9.17, 15) is 13.5 Å². The summed E-state index contributed by atoms with van der Waals surface area (Å²) in [5, 5.41) is 11.8. The van der Waals surface area contributed by atoms with Crippen molar-refractivity contribution >= 4 is 10.1 Å². The third-order valence-corrected chi connectivity index (χ3v) is 2.12. The Kier molecular flexibility index (Phi) is 2.22. The van der Waals surface area contributed by atoms with E-state index in [1.807, 2.05) is 0 Å². The molecule has 1 atom stereocenters. The van der Waals surface area contributed by atoms with Crippen LogP contribution < -0.4 is 5.32 Å². The summed E-state index contributed by atoms with van der Waals surface area (Å²) in [7, 11) is -4.18. The molecule has 1 aliphatic heterocycles.